The molecule has 0 bridgehead atoms. The second kappa shape index (κ2) is 7.84. The number of aromatic nitrogens is 2. The number of amides is 1. The Morgan fingerprint density at radius 1 is 1.26 bits per heavy atom. The van der Waals surface area contributed by atoms with E-state index in [-0.39, 0.29) is 30.6 Å². The van der Waals surface area contributed by atoms with Crippen LogP contribution in [0.4, 0.5) is 4.39 Å². The van der Waals surface area contributed by atoms with E-state index in [1.165, 1.54) is 28.6 Å². The van der Waals surface area contributed by atoms with Gasteiger partial charge in [0.2, 0.25) is 10.0 Å². The zero-order valence-electron chi connectivity index (χ0n) is 14.1. The van der Waals surface area contributed by atoms with E-state index in [1.807, 2.05) is 0 Å². The first-order chi connectivity index (χ1) is 12.8. The standard InChI is InChI=1S/C16H17FN4O5S/c17-11-7-19-16(20-8-11)26-13-5-6-21(9-13)27(23,24)14-3-1-12(2-4-14)25-10-15(18)22/h1-4,7-8,13H,5-6,9-10H2,(H2,18,22). The lowest BCUT2D eigenvalue weighted by Crippen LogP contribution is -2.31. The molecule has 1 atom stereocenters. The zero-order chi connectivity index (χ0) is 19.4. The number of nitrogens with two attached hydrogens (primary N) is 1. The Morgan fingerprint density at radius 3 is 2.56 bits per heavy atom. The lowest BCUT2D eigenvalue weighted by atomic mass is 10.3. The number of benzene rings is 1. The van der Waals surface area contributed by atoms with Gasteiger partial charge in [-0.15, -0.1) is 0 Å². The van der Waals surface area contributed by atoms with Crippen LogP contribution in [0.3, 0.4) is 0 Å². The fourth-order valence-corrected chi connectivity index (χ4v) is 4.02. The largest absolute Gasteiger partial charge is 0.484 e. The molecule has 144 valence electrons. The van der Waals surface area contributed by atoms with E-state index in [2.05, 4.69) is 9.97 Å². The predicted molar refractivity (Wildman–Crippen MR) is 90.9 cm³/mol. The molecule has 9 nitrogen and oxygen atoms in total. The molecule has 0 radical (unpaired) electrons. The molecule has 0 saturated carbocycles. The van der Waals surface area contributed by atoms with Gasteiger partial charge in [0.25, 0.3) is 5.91 Å². The van der Waals surface area contributed by atoms with Gasteiger partial charge in [-0.2, -0.15) is 4.31 Å². The third-order valence-electron chi connectivity index (χ3n) is 3.82. The van der Waals surface area contributed by atoms with Crippen molar-refractivity contribution in [3.8, 4) is 11.8 Å². The van der Waals surface area contributed by atoms with Crippen LogP contribution < -0.4 is 15.2 Å². The van der Waals surface area contributed by atoms with Gasteiger partial charge in [0, 0.05) is 6.54 Å². The van der Waals surface area contributed by atoms with Gasteiger partial charge in [-0.05, 0) is 30.7 Å². The molecule has 27 heavy (non-hydrogen) atoms. The molecular formula is C16H17FN4O5S. The summed E-state index contributed by atoms with van der Waals surface area (Å²) in [7, 11) is -3.71. The fraction of sp³-hybridized carbons (Fsp3) is 0.312. The van der Waals surface area contributed by atoms with Crippen LogP contribution in [0.1, 0.15) is 6.42 Å². The number of hydrogen-bond donors (Lipinski definition) is 1. The number of hydrogen-bond acceptors (Lipinski definition) is 7. The van der Waals surface area contributed by atoms with Crippen LogP contribution in [0.2, 0.25) is 0 Å². The maximum atomic E-state index is 12.8. The minimum absolute atomic E-state index is 0.00315. The summed E-state index contributed by atoms with van der Waals surface area (Å²) in [5, 5.41) is 0. The Kier molecular flexibility index (Phi) is 5.51. The molecule has 2 aromatic rings. The van der Waals surface area contributed by atoms with Gasteiger partial charge in [0.05, 0.1) is 23.8 Å². The summed E-state index contributed by atoms with van der Waals surface area (Å²) in [5.74, 6) is -0.870. The second-order valence-electron chi connectivity index (χ2n) is 5.80. The Morgan fingerprint density at radius 2 is 1.93 bits per heavy atom. The van der Waals surface area contributed by atoms with E-state index in [9.17, 15) is 17.6 Å². The molecule has 1 aliphatic heterocycles. The van der Waals surface area contributed by atoms with Crippen molar-refractivity contribution in [3.05, 3.63) is 42.5 Å². The van der Waals surface area contributed by atoms with E-state index in [4.69, 9.17) is 15.2 Å². The summed E-state index contributed by atoms with van der Waals surface area (Å²) in [6.45, 7) is 0.111. The van der Waals surface area contributed by atoms with Gasteiger partial charge in [-0.3, -0.25) is 4.79 Å². The molecule has 1 unspecified atom stereocenters. The number of sulfonamides is 1. The fourth-order valence-electron chi connectivity index (χ4n) is 2.53. The lowest BCUT2D eigenvalue weighted by molar-refractivity contribution is -0.119. The highest BCUT2D eigenvalue weighted by molar-refractivity contribution is 7.89. The monoisotopic (exact) mass is 396 g/mol. The second-order valence-corrected chi connectivity index (χ2v) is 7.74. The highest BCUT2D eigenvalue weighted by Gasteiger charge is 2.34. The Labute approximate surface area is 155 Å². The molecule has 3 rings (SSSR count). The van der Waals surface area contributed by atoms with Gasteiger partial charge >= 0.3 is 6.01 Å². The van der Waals surface area contributed by atoms with Crippen molar-refractivity contribution < 1.29 is 27.1 Å². The van der Waals surface area contributed by atoms with Crippen molar-refractivity contribution >= 4 is 15.9 Å². The van der Waals surface area contributed by atoms with Crippen LogP contribution in [0.25, 0.3) is 0 Å². The van der Waals surface area contributed by atoms with Crippen LogP contribution >= 0.6 is 0 Å². The smallest absolute Gasteiger partial charge is 0.316 e. The van der Waals surface area contributed by atoms with Crippen molar-refractivity contribution in [2.24, 2.45) is 5.73 Å². The topological polar surface area (TPSA) is 125 Å². The average molecular weight is 396 g/mol. The molecule has 2 N–H and O–H groups in total. The molecular weight excluding hydrogens is 379 g/mol. The number of ether oxygens (including phenoxy) is 2. The van der Waals surface area contributed by atoms with Crippen molar-refractivity contribution in [1.82, 2.24) is 14.3 Å². The molecule has 0 spiro atoms. The third-order valence-corrected chi connectivity index (χ3v) is 5.70. The normalized spacial score (nSPS) is 17.6. The van der Waals surface area contributed by atoms with Crippen molar-refractivity contribution in [1.29, 1.82) is 0 Å². The van der Waals surface area contributed by atoms with Crippen LogP contribution in [-0.2, 0) is 14.8 Å². The van der Waals surface area contributed by atoms with Gasteiger partial charge in [-0.25, -0.2) is 22.8 Å². The van der Waals surface area contributed by atoms with E-state index < -0.39 is 27.9 Å². The minimum atomic E-state index is -3.71. The SMILES string of the molecule is NC(=O)COc1ccc(S(=O)(=O)N2CCC(Oc3ncc(F)cn3)C2)cc1. The molecule has 1 amide bonds. The lowest BCUT2D eigenvalue weighted by Gasteiger charge is -2.17. The summed E-state index contributed by atoms with van der Waals surface area (Å²) in [5.41, 5.74) is 4.99. The molecule has 11 heteroatoms. The summed E-state index contributed by atoms with van der Waals surface area (Å²) in [6.07, 6.45) is 1.99. The maximum Gasteiger partial charge on any atom is 0.316 e. The van der Waals surface area contributed by atoms with Crippen LogP contribution in [0.5, 0.6) is 11.8 Å². The van der Waals surface area contributed by atoms with Crippen LogP contribution in [0.15, 0.2) is 41.6 Å². The quantitative estimate of drug-likeness (QED) is 0.715. The molecule has 1 aromatic carbocycles. The maximum absolute atomic E-state index is 12.8. The molecule has 1 saturated heterocycles. The first-order valence-electron chi connectivity index (χ1n) is 8.00. The van der Waals surface area contributed by atoms with Gasteiger partial charge in [0.15, 0.2) is 12.4 Å². The molecule has 1 fully saturated rings. The number of rotatable bonds is 7. The zero-order valence-corrected chi connectivity index (χ0v) is 14.9. The Hall–Kier alpha value is -2.79. The highest BCUT2D eigenvalue weighted by atomic mass is 32.2. The predicted octanol–water partition coefficient (Wildman–Crippen LogP) is 0.322. The number of carbonyl (C=O) groups excluding carboxylic acids is 1. The van der Waals surface area contributed by atoms with Gasteiger partial charge in [0.1, 0.15) is 11.9 Å². The summed E-state index contributed by atoms with van der Waals surface area (Å²) >= 11 is 0. The van der Waals surface area contributed by atoms with Crippen molar-refractivity contribution in [3.63, 3.8) is 0 Å². The van der Waals surface area contributed by atoms with E-state index in [0.29, 0.717) is 12.2 Å². The third kappa shape index (κ3) is 4.68. The Balaban J connectivity index is 1.63. The minimum Gasteiger partial charge on any atom is -0.484 e. The summed E-state index contributed by atoms with van der Waals surface area (Å²) in [6, 6.07) is 5.68. The number of carbonyl (C=O) groups is 1. The summed E-state index contributed by atoms with van der Waals surface area (Å²) in [4.78, 5) is 18.2. The molecule has 0 aliphatic carbocycles. The Bertz CT molecular complexity index is 905. The molecule has 1 aliphatic rings. The van der Waals surface area contributed by atoms with Crippen LogP contribution in [-0.4, -0.2) is 54.4 Å². The summed E-state index contributed by atoms with van der Waals surface area (Å²) < 4.78 is 50.2. The number of primary amides is 1. The van der Waals surface area contributed by atoms with E-state index in [1.54, 1.807) is 0 Å². The van der Waals surface area contributed by atoms with Gasteiger partial charge < -0.3 is 15.2 Å². The molecule has 2 heterocycles. The first-order valence-corrected chi connectivity index (χ1v) is 9.44. The highest BCUT2D eigenvalue weighted by Crippen LogP contribution is 2.24. The van der Waals surface area contributed by atoms with E-state index >= 15 is 0 Å². The van der Waals surface area contributed by atoms with Crippen molar-refractivity contribution in [2.45, 2.75) is 17.4 Å². The van der Waals surface area contributed by atoms with Gasteiger partial charge in [-0.1, -0.05) is 0 Å². The first kappa shape index (κ1) is 19.0. The average Bonchev–Trinajstić information content (AvgIpc) is 3.12. The number of halogens is 1. The molecule has 1 aromatic heterocycles. The van der Waals surface area contributed by atoms with Crippen LogP contribution in [0, 0.1) is 5.82 Å². The number of nitrogens with zero attached hydrogens (tertiary/aromatic N) is 3. The van der Waals surface area contributed by atoms with Crippen molar-refractivity contribution in [2.75, 3.05) is 19.7 Å². The van der Waals surface area contributed by atoms with E-state index in [0.717, 1.165) is 12.4 Å².